The molecule has 48 heavy (non-hydrogen) atoms. The standard InChI is InChI=1S/C40H43N3O3SSi/c1-40(2,3)48(33-14-10-8-11-15-33,34-16-12-9-13-17-34)46-32-21-18-28(19-22-32)24-29-25-31(42(6)7)27-37-38(29)43(39(44)45)35-23-20-30(41(4)5)26-36(35)47-37/h8-23,25-27H,24H2,1-7H3,(H,44,45). The van der Waals surface area contributed by atoms with Gasteiger partial charge in [-0.25, -0.2) is 9.69 Å². The van der Waals surface area contributed by atoms with Gasteiger partial charge in [0.2, 0.25) is 0 Å². The Kier molecular flexibility index (Phi) is 9.07. The first-order valence-corrected chi connectivity index (χ1v) is 18.9. The molecule has 5 aromatic carbocycles. The Labute approximate surface area is 289 Å². The highest BCUT2D eigenvalue weighted by Crippen LogP contribution is 2.52. The average molecular weight is 674 g/mol. The topological polar surface area (TPSA) is 56.2 Å². The minimum atomic E-state index is -2.77. The van der Waals surface area contributed by atoms with E-state index in [9.17, 15) is 9.90 Å². The summed E-state index contributed by atoms with van der Waals surface area (Å²) < 4.78 is 7.24. The van der Waals surface area contributed by atoms with E-state index in [1.165, 1.54) is 15.3 Å². The Hall–Kier alpha value is -4.66. The van der Waals surface area contributed by atoms with E-state index in [2.05, 4.69) is 129 Å². The maximum atomic E-state index is 12.9. The van der Waals surface area contributed by atoms with Crippen LogP contribution in [0.3, 0.4) is 0 Å². The maximum absolute atomic E-state index is 12.9. The van der Waals surface area contributed by atoms with Crippen LogP contribution >= 0.6 is 11.8 Å². The van der Waals surface area contributed by atoms with Crippen molar-refractivity contribution in [1.29, 1.82) is 0 Å². The summed E-state index contributed by atoms with van der Waals surface area (Å²) >= 11 is 1.62. The number of amides is 1. The molecule has 246 valence electrons. The lowest BCUT2D eigenvalue weighted by molar-refractivity contribution is 0.204. The number of hydrogen-bond acceptors (Lipinski definition) is 5. The van der Waals surface area contributed by atoms with Gasteiger partial charge in [0.05, 0.1) is 11.4 Å². The molecule has 0 atom stereocenters. The molecule has 5 aromatic rings. The Morgan fingerprint density at radius 2 is 1.31 bits per heavy atom. The smallest absolute Gasteiger partial charge is 0.416 e. The largest absolute Gasteiger partial charge is 0.534 e. The normalized spacial score (nSPS) is 12.6. The van der Waals surface area contributed by atoms with E-state index < -0.39 is 14.4 Å². The van der Waals surface area contributed by atoms with Crippen molar-refractivity contribution >= 4 is 59.3 Å². The van der Waals surface area contributed by atoms with E-state index in [4.69, 9.17) is 4.43 Å². The van der Waals surface area contributed by atoms with Crippen LogP contribution in [0.5, 0.6) is 5.75 Å². The zero-order valence-corrected chi connectivity index (χ0v) is 30.5. The fraction of sp³-hybridized carbons (Fsp3) is 0.225. The van der Waals surface area contributed by atoms with Crippen LogP contribution in [-0.4, -0.2) is 47.7 Å². The third kappa shape index (κ3) is 6.18. The Morgan fingerprint density at radius 3 is 1.83 bits per heavy atom. The van der Waals surface area contributed by atoms with Gasteiger partial charge < -0.3 is 19.3 Å². The summed E-state index contributed by atoms with van der Waals surface area (Å²) in [7, 11) is 5.25. The minimum absolute atomic E-state index is 0.151. The van der Waals surface area contributed by atoms with Crippen LogP contribution in [0.1, 0.15) is 31.9 Å². The van der Waals surface area contributed by atoms with Crippen molar-refractivity contribution < 1.29 is 14.3 Å². The highest BCUT2D eigenvalue weighted by atomic mass is 32.2. The van der Waals surface area contributed by atoms with Gasteiger partial charge in [0.15, 0.2) is 0 Å². The highest BCUT2D eigenvalue weighted by molar-refractivity contribution is 7.99. The molecule has 0 aliphatic carbocycles. The number of carbonyl (C=O) groups is 1. The second-order valence-corrected chi connectivity index (χ2v) is 19.0. The molecule has 6 nitrogen and oxygen atoms in total. The number of anilines is 4. The molecule has 1 aliphatic rings. The van der Waals surface area contributed by atoms with E-state index in [-0.39, 0.29) is 5.04 Å². The van der Waals surface area contributed by atoms with Crippen molar-refractivity contribution in [2.24, 2.45) is 0 Å². The molecule has 6 rings (SSSR count). The lowest BCUT2D eigenvalue weighted by Gasteiger charge is -2.43. The average Bonchev–Trinajstić information content (AvgIpc) is 3.06. The van der Waals surface area contributed by atoms with Gasteiger partial charge in [0.1, 0.15) is 5.75 Å². The summed E-state index contributed by atoms with van der Waals surface area (Å²) in [5.41, 5.74) is 5.48. The lowest BCUT2D eigenvalue weighted by Crippen LogP contribution is -2.68. The number of fused-ring (bicyclic) bond motifs is 2. The second-order valence-electron chi connectivity index (χ2n) is 13.7. The molecule has 0 radical (unpaired) electrons. The van der Waals surface area contributed by atoms with Crippen LogP contribution < -0.4 is 29.5 Å². The SMILES string of the molecule is CN(C)c1ccc2c(c1)Sc1cc(N(C)C)cc(Cc3ccc(O[Si](c4ccccc4)(c4ccccc4)C(C)(C)C)cc3)c1N2C(=O)O. The molecular weight excluding hydrogens is 631 g/mol. The van der Waals surface area contributed by atoms with Crippen molar-refractivity contribution in [2.45, 2.75) is 42.0 Å². The molecule has 0 saturated heterocycles. The predicted molar refractivity (Wildman–Crippen MR) is 203 cm³/mol. The van der Waals surface area contributed by atoms with E-state index >= 15 is 0 Å². The molecule has 0 aromatic heterocycles. The third-order valence-corrected chi connectivity index (χ3v) is 15.0. The first kappa shape index (κ1) is 33.2. The van der Waals surface area contributed by atoms with Gasteiger partial charge in [-0.2, -0.15) is 0 Å². The van der Waals surface area contributed by atoms with Gasteiger partial charge in [-0.3, -0.25) is 0 Å². The second kappa shape index (κ2) is 13.1. The van der Waals surface area contributed by atoms with Crippen LogP contribution in [0.25, 0.3) is 0 Å². The number of hydrogen-bond donors (Lipinski definition) is 1. The number of benzene rings is 5. The number of nitrogens with zero attached hydrogens (tertiary/aromatic N) is 3. The van der Waals surface area contributed by atoms with E-state index in [1.54, 1.807) is 11.8 Å². The summed E-state index contributed by atoms with van der Waals surface area (Å²) in [5, 5.41) is 12.9. The van der Waals surface area contributed by atoms with Gasteiger partial charge in [0, 0.05) is 49.4 Å². The van der Waals surface area contributed by atoms with Crippen molar-refractivity contribution in [2.75, 3.05) is 42.9 Å². The van der Waals surface area contributed by atoms with Crippen LogP contribution in [-0.2, 0) is 6.42 Å². The summed E-state index contributed by atoms with van der Waals surface area (Å²) in [6, 6.07) is 39.8. The van der Waals surface area contributed by atoms with E-state index in [0.717, 1.165) is 43.7 Å². The third-order valence-electron chi connectivity index (χ3n) is 9.00. The fourth-order valence-corrected chi connectivity index (χ4v) is 12.2. The Morgan fingerprint density at radius 1 is 0.750 bits per heavy atom. The van der Waals surface area contributed by atoms with Crippen LogP contribution in [0.4, 0.5) is 27.5 Å². The van der Waals surface area contributed by atoms with Gasteiger partial charge in [0.25, 0.3) is 0 Å². The lowest BCUT2D eigenvalue weighted by atomic mass is 10.0. The summed E-state index contributed by atoms with van der Waals surface area (Å²) in [6.07, 6.45) is -0.429. The van der Waals surface area contributed by atoms with Gasteiger partial charge >= 0.3 is 14.4 Å². The molecule has 0 fully saturated rings. The molecular formula is C40H43N3O3SSi. The van der Waals surface area contributed by atoms with Crippen molar-refractivity contribution in [1.82, 2.24) is 0 Å². The minimum Gasteiger partial charge on any atom is -0.534 e. The summed E-state index contributed by atoms with van der Waals surface area (Å²) in [5.74, 6) is 0.825. The molecule has 0 unspecified atom stereocenters. The zero-order valence-electron chi connectivity index (χ0n) is 28.7. The molecule has 1 amide bonds. The molecule has 0 bridgehead atoms. The molecule has 0 saturated carbocycles. The van der Waals surface area contributed by atoms with Crippen LogP contribution in [0, 0.1) is 0 Å². The van der Waals surface area contributed by atoms with Gasteiger partial charge in [-0.15, -0.1) is 0 Å². The van der Waals surface area contributed by atoms with Gasteiger partial charge in [-0.05, 0) is 75.4 Å². The molecule has 1 heterocycles. The maximum Gasteiger partial charge on any atom is 0.416 e. The zero-order chi connectivity index (χ0) is 34.2. The van der Waals surface area contributed by atoms with E-state index in [0.29, 0.717) is 12.1 Å². The Balaban J connectivity index is 1.39. The van der Waals surface area contributed by atoms with Crippen molar-refractivity contribution in [3.8, 4) is 5.75 Å². The molecule has 1 aliphatic heterocycles. The number of carboxylic acid groups (broad SMARTS) is 1. The van der Waals surface area contributed by atoms with Crippen molar-refractivity contribution in [3.05, 3.63) is 126 Å². The number of rotatable bonds is 8. The van der Waals surface area contributed by atoms with E-state index in [1.807, 2.05) is 45.2 Å². The molecule has 1 N–H and O–H groups in total. The summed E-state index contributed by atoms with van der Waals surface area (Å²) in [6.45, 7) is 6.83. The predicted octanol–water partition coefficient (Wildman–Crippen LogP) is 8.63. The molecule has 0 spiro atoms. The monoisotopic (exact) mass is 673 g/mol. The fourth-order valence-electron chi connectivity index (χ4n) is 6.58. The van der Waals surface area contributed by atoms with Crippen molar-refractivity contribution in [3.63, 3.8) is 0 Å². The Bertz CT molecular complexity index is 1880. The first-order valence-electron chi connectivity index (χ1n) is 16.1. The van der Waals surface area contributed by atoms with Gasteiger partial charge in [-0.1, -0.05) is 105 Å². The van der Waals surface area contributed by atoms with Crippen LogP contribution in [0.15, 0.2) is 125 Å². The van der Waals surface area contributed by atoms with Crippen LogP contribution in [0.2, 0.25) is 5.04 Å². The summed E-state index contributed by atoms with van der Waals surface area (Å²) in [4.78, 5) is 20.3. The quantitative estimate of drug-likeness (QED) is 0.167. The first-order chi connectivity index (χ1) is 22.9. The molecule has 8 heteroatoms. The highest BCUT2D eigenvalue weighted by Gasteiger charge is 2.52.